The van der Waals surface area contributed by atoms with Gasteiger partial charge in [-0.1, -0.05) is 23.2 Å². The third-order valence-electron chi connectivity index (χ3n) is 2.99. The molecule has 0 aromatic heterocycles. The largest absolute Gasteiger partial charge is 0.491 e. The first-order chi connectivity index (χ1) is 11.3. The summed E-state index contributed by atoms with van der Waals surface area (Å²) in [7, 11) is 0. The van der Waals surface area contributed by atoms with Crippen molar-refractivity contribution in [1.29, 1.82) is 0 Å². The van der Waals surface area contributed by atoms with E-state index in [0.29, 0.717) is 22.7 Å². The van der Waals surface area contributed by atoms with E-state index in [0.717, 1.165) is 0 Å². The Hall–Kier alpha value is -2.11. The molecule has 0 saturated carbocycles. The summed E-state index contributed by atoms with van der Waals surface area (Å²) in [5.41, 5.74) is 0.919. The maximum Gasteiger partial charge on any atom is 0.307 e. The van der Waals surface area contributed by atoms with Crippen LogP contribution in [0.5, 0.6) is 5.75 Å². The number of carbonyl (C=O) groups excluding carboxylic acids is 1. The molecule has 1 aliphatic rings. The molecule has 1 N–H and O–H groups in total. The fraction of sp³-hybridized carbons (Fsp3) is 0.235. The summed E-state index contributed by atoms with van der Waals surface area (Å²) in [6.07, 6.45) is 3.64. The number of allylic oxidation sites excluding steroid dienone is 3. The molecule has 1 aromatic carbocycles. The van der Waals surface area contributed by atoms with Gasteiger partial charge in [0.05, 0.1) is 28.3 Å². The molecule has 0 amide bonds. The highest BCUT2D eigenvalue weighted by atomic mass is 35.5. The number of benzene rings is 1. The highest BCUT2D eigenvalue weighted by Crippen LogP contribution is 2.38. The molecule has 0 aliphatic heterocycles. The molecule has 24 heavy (non-hydrogen) atoms. The molecule has 1 aromatic rings. The molecular weight excluding hydrogens is 353 g/mol. The van der Waals surface area contributed by atoms with Crippen molar-refractivity contribution in [3.8, 4) is 5.75 Å². The minimum atomic E-state index is -1.06. The van der Waals surface area contributed by atoms with Crippen LogP contribution in [-0.4, -0.2) is 28.7 Å². The molecule has 2 rings (SSSR count). The second-order valence-corrected chi connectivity index (χ2v) is 6.19. The second kappa shape index (κ2) is 7.64. The summed E-state index contributed by atoms with van der Waals surface area (Å²) in [4.78, 5) is 26.7. The zero-order valence-corrected chi connectivity index (χ0v) is 14.6. The van der Waals surface area contributed by atoms with E-state index in [1.165, 1.54) is 18.2 Å². The monoisotopic (exact) mass is 367 g/mol. The maximum absolute atomic E-state index is 11.5. The number of ether oxygens (including phenoxy) is 1. The van der Waals surface area contributed by atoms with Gasteiger partial charge in [0.1, 0.15) is 11.4 Å². The molecule has 0 fully saturated rings. The Morgan fingerprint density at radius 1 is 1.25 bits per heavy atom. The highest BCUT2D eigenvalue weighted by molar-refractivity contribution is 6.39. The first-order valence-corrected chi connectivity index (χ1v) is 7.91. The van der Waals surface area contributed by atoms with Gasteiger partial charge in [0.2, 0.25) is 0 Å². The number of halogens is 2. The quantitative estimate of drug-likeness (QED) is 0.782. The molecule has 1 aliphatic carbocycles. The van der Waals surface area contributed by atoms with Gasteiger partial charge in [-0.3, -0.25) is 9.59 Å². The first kappa shape index (κ1) is 18.2. The van der Waals surface area contributed by atoms with Crippen molar-refractivity contribution in [1.82, 2.24) is 0 Å². The average molecular weight is 368 g/mol. The van der Waals surface area contributed by atoms with E-state index in [4.69, 9.17) is 33.0 Å². The highest BCUT2D eigenvalue weighted by Gasteiger charge is 2.17. The Morgan fingerprint density at radius 2 is 1.88 bits per heavy atom. The normalized spacial score (nSPS) is 15.8. The Labute approximate surface area is 149 Å². The summed E-state index contributed by atoms with van der Waals surface area (Å²) in [5.74, 6) is -0.836. The maximum atomic E-state index is 11.5. The lowest BCUT2D eigenvalue weighted by molar-refractivity contribution is -0.136. The summed E-state index contributed by atoms with van der Waals surface area (Å²) in [6, 6.07) is 3.18. The molecule has 0 unspecified atom stereocenters. The lowest BCUT2D eigenvalue weighted by Gasteiger charge is -2.13. The molecular formula is C17H15Cl2NO4. The lowest BCUT2D eigenvalue weighted by Crippen LogP contribution is -2.11. The van der Waals surface area contributed by atoms with E-state index in [-0.39, 0.29) is 28.4 Å². The van der Waals surface area contributed by atoms with Gasteiger partial charge in [0, 0.05) is 12.1 Å². The van der Waals surface area contributed by atoms with Gasteiger partial charge in [-0.05, 0) is 37.6 Å². The Morgan fingerprint density at radius 3 is 2.42 bits per heavy atom. The van der Waals surface area contributed by atoms with Crippen LogP contribution in [0.15, 0.2) is 40.9 Å². The van der Waals surface area contributed by atoms with Crippen LogP contribution in [0.2, 0.25) is 10.0 Å². The first-order valence-electron chi connectivity index (χ1n) is 7.15. The van der Waals surface area contributed by atoms with Gasteiger partial charge < -0.3 is 9.84 Å². The smallest absolute Gasteiger partial charge is 0.307 e. The Kier molecular flexibility index (Phi) is 5.80. The van der Waals surface area contributed by atoms with E-state index < -0.39 is 5.97 Å². The van der Waals surface area contributed by atoms with Crippen LogP contribution in [0, 0.1) is 0 Å². The van der Waals surface area contributed by atoms with Crippen LogP contribution in [-0.2, 0) is 9.59 Å². The molecule has 126 valence electrons. The minimum absolute atomic E-state index is 0.0355. The number of nitrogens with zero attached hydrogens (tertiary/aromatic N) is 1. The zero-order valence-electron chi connectivity index (χ0n) is 13.0. The third kappa shape index (κ3) is 4.69. The van der Waals surface area contributed by atoms with E-state index in [2.05, 4.69) is 4.99 Å². The van der Waals surface area contributed by atoms with Crippen LogP contribution in [0.4, 0.5) is 5.69 Å². The van der Waals surface area contributed by atoms with Gasteiger partial charge in [-0.15, -0.1) is 0 Å². The van der Waals surface area contributed by atoms with Crippen LogP contribution in [0.3, 0.4) is 0 Å². The second-order valence-electron chi connectivity index (χ2n) is 5.37. The van der Waals surface area contributed by atoms with Gasteiger partial charge in [0.15, 0.2) is 5.78 Å². The SMILES string of the molecule is CC(C)Oc1cc(Cl)c(/N=C2\C=CC(=O)C=C2CC(=O)O)c(Cl)c1. The van der Waals surface area contributed by atoms with Crippen molar-refractivity contribution >= 4 is 46.4 Å². The zero-order chi connectivity index (χ0) is 17.9. The number of hydrogen-bond donors (Lipinski definition) is 1. The average Bonchev–Trinajstić information content (AvgIpc) is 2.43. The van der Waals surface area contributed by atoms with Crippen molar-refractivity contribution in [3.05, 3.63) is 46.0 Å². The number of rotatable bonds is 5. The summed E-state index contributed by atoms with van der Waals surface area (Å²) < 4.78 is 5.54. The standard InChI is InChI=1S/C17H15Cl2NO4/c1-9(2)24-12-7-13(18)17(14(19)8-12)20-15-4-3-11(21)5-10(15)6-16(22)23/h3-5,7-9H,6H2,1-2H3,(H,22,23)/b20-15+. The van der Waals surface area contributed by atoms with Gasteiger partial charge >= 0.3 is 5.97 Å². The third-order valence-corrected chi connectivity index (χ3v) is 3.56. The number of hydrogen-bond acceptors (Lipinski definition) is 4. The van der Waals surface area contributed by atoms with Crippen LogP contribution in [0.1, 0.15) is 20.3 Å². The predicted molar refractivity (Wildman–Crippen MR) is 93.8 cm³/mol. The van der Waals surface area contributed by atoms with E-state index in [1.54, 1.807) is 12.1 Å². The van der Waals surface area contributed by atoms with Crippen molar-refractivity contribution in [2.24, 2.45) is 4.99 Å². The molecule has 0 atom stereocenters. The van der Waals surface area contributed by atoms with Crippen molar-refractivity contribution < 1.29 is 19.4 Å². The topological polar surface area (TPSA) is 76.0 Å². The molecule has 0 bridgehead atoms. The molecule has 0 radical (unpaired) electrons. The molecule has 5 nitrogen and oxygen atoms in total. The Balaban J connectivity index is 2.42. The van der Waals surface area contributed by atoms with Crippen molar-refractivity contribution in [2.45, 2.75) is 26.4 Å². The predicted octanol–water partition coefficient (Wildman–Crippen LogP) is 4.39. The van der Waals surface area contributed by atoms with E-state index in [1.807, 2.05) is 13.8 Å². The molecule has 0 saturated heterocycles. The van der Waals surface area contributed by atoms with Crippen molar-refractivity contribution in [3.63, 3.8) is 0 Å². The van der Waals surface area contributed by atoms with Gasteiger partial charge in [-0.25, -0.2) is 4.99 Å². The number of carboxylic acid groups (broad SMARTS) is 1. The number of ketones is 1. The molecule has 0 spiro atoms. The van der Waals surface area contributed by atoms with Crippen LogP contribution in [0.25, 0.3) is 0 Å². The fourth-order valence-corrected chi connectivity index (χ4v) is 2.64. The van der Waals surface area contributed by atoms with Gasteiger partial charge in [-0.2, -0.15) is 0 Å². The number of carbonyl (C=O) groups is 2. The van der Waals surface area contributed by atoms with Crippen molar-refractivity contribution in [2.75, 3.05) is 0 Å². The van der Waals surface area contributed by atoms with E-state index >= 15 is 0 Å². The Bertz CT molecular complexity index is 756. The summed E-state index contributed by atoms with van der Waals surface area (Å²) in [6.45, 7) is 3.76. The van der Waals surface area contributed by atoms with E-state index in [9.17, 15) is 9.59 Å². The molecule has 0 heterocycles. The van der Waals surface area contributed by atoms with Gasteiger partial charge in [0.25, 0.3) is 0 Å². The van der Waals surface area contributed by atoms with Crippen LogP contribution >= 0.6 is 23.2 Å². The number of aliphatic carboxylic acids is 1. The fourth-order valence-electron chi connectivity index (χ4n) is 2.09. The number of carboxylic acids is 1. The summed E-state index contributed by atoms with van der Waals surface area (Å²) >= 11 is 12.4. The lowest BCUT2D eigenvalue weighted by atomic mass is 10.00. The summed E-state index contributed by atoms with van der Waals surface area (Å²) in [5, 5.41) is 9.50. The van der Waals surface area contributed by atoms with Crippen LogP contribution < -0.4 is 4.74 Å². The minimum Gasteiger partial charge on any atom is -0.491 e. The molecule has 7 heteroatoms. The number of aliphatic imine (C=N–C) groups is 1.